The summed E-state index contributed by atoms with van der Waals surface area (Å²) in [7, 11) is 0. The van der Waals surface area contributed by atoms with E-state index in [1.54, 1.807) is 0 Å². The van der Waals surface area contributed by atoms with Crippen LogP contribution in [0.25, 0.3) is 21.3 Å². The Morgan fingerprint density at radius 2 is 2.07 bits per heavy atom. The molecule has 0 bridgehead atoms. The zero-order valence-electron chi connectivity index (χ0n) is 7.39. The van der Waals surface area contributed by atoms with Crippen LogP contribution in [0.3, 0.4) is 0 Å². The van der Waals surface area contributed by atoms with Crippen LogP contribution in [-0.2, 0) is 0 Å². The molecule has 0 aliphatic carbocycles. The molecule has 0 aliphatic rings. The van der Waals surface area contributed by atoms with Crippen molar-refractivity contribution < 1.29 is 0 Å². The summed E-state index contributed by atoms with van der Waals surface area (Å²) in [5, 5.41) is 3.63. The van der Waals surface area contributed by atoms with Gasteiger partial charge in [-0.25, -0.2) is 4.79 Å². The number of azide groups is 1. The first-order valence-corrected chi connectivity index (χ1v) is 4.02. The molecule has 2 aromatic rings. The van der Waals surface area contributed by atoms with Crippen molar-refractivity contribution in [1.82, 2.24) is 9.97 Å². The molecule has 1 heterocycles. The number of hydrogen-bond donors (Lipinski definition) is 2. The van der Waals surface area contributed by atoms with Crippen molar-refractivity contribution in [2.45, 2.75) is 0 Å². The van der Waals surface area contributed by atoms with Crippen LogP contribution in [-0.4, -0.2) is 9.97 Å². The topological polar surface area (TPSA) is 114 Å². The monoisotopic (exact) mass is 203 g/mol. The minimum absolute atomic E-state index is 0.277. The highest BCUT2D eigenvalue weighted by molar-refractivity contribution is 5.80. The highest BCUT2D eigenvalue weighted by atomic mass is 16.2. The summed E-state index contributed by atoms with van der Waals surface area (Å²) >= 11 is 0. The van der Waals surface area contributed by atoms with E-state index in [9.17, 15) is 9.59 Å². The van der Waals surface area contributed by atoms with Crippen LogP contribution in [0.2, 0.25) is 0 Å². The second-order valence-electron chi connectivity index (χ2n) is 2.83. The molecule has 2 rings (SSSR count). The number of nitrogens with zero attached hydrogens (tertiary/aromatic N) is 3. The van der Waals surface area contributed by atoms with Gasteiger partial charge in [-0.05, 0) is 17.7 Å². The van der Waals surface area contributed by atoms with Crippen molar-refractivity contribution in [3.8, 4) is 0 Å². The van der Waals surface area contributed by atoms with Crippen molar-refractivity contribution in [3.63, 3.8) is 0 Å². The van der Waals surface area contributed by atoms with Gasteiger partial charge in [-0.2, -0.15) is 0 Å². The lowest BCUT2D eigenvalue weighted by molar-refractivity contribution is 1.08. The van der Waals surface area contributed by atoms with E-state index in [-0.39, 0.29) is 5.39 Å². The van der Waals surface area contributed by atoms with Gasteiger partial charge in [-0.1, -0.05) is 11.2 Å². The molecule has 0 unspecified atom stereocenters. The Bertz CT molecular complexity index is 677. The van der Waals surface area contributed by atoms with E-state index in [0.29, 0.717) is 11.2 Å². The number of rotatable bonds is 1. The number of fused-ring (bicyclic) bond motifs is 1. The molecular weight excluding hydrogens is 198 g/mol. The Labute approximate surface area is 82.0 Å². The molecule has 0 aliphatic heterocycles. The standard InChI is InChI=1S/C8H5N5O2/c9-13-12-4-1-2-6-5(3-4)7(14)11-8(15)10-6/h1-3H,(H2,10,11,14,15). The molecule has 0 saturated heterocycles. The molecule has 15 heavy (non-hydrogen) atoms. The van der Waals surface area contributed by atoms with Crippen LogP contribution in [0.1, 0.15) is 0 Å². The molecule has 0 amide bonds. The molecular formula is C8H5N5O2. The highest BCUT2D eigenvalue weighted by Crippen LogP contribution is 2.16. The number of aromatic nitrogens is 2. The summed E-state index contributed by atoms with van der Waals surface area (Å²) < 4.78 is 0. The van der Waals surface area contributed by atoms with Crippen LogP contribution < -0.4 is 11.2 Å². The van der Waals surface area contributed by atoms with E-state index in [2.05, 4.69) is 20.0 Å². The third-order valence-electron chi connectivity index (χ3n) is 1.88. The molecule has 0 spiro atoms. The maximum Gasteiger partial charge on any atom is 0.326 e. The third-order valence-corrected chi connectivity index (χ3v) is 1.88. The smallest absolute Gasteiger partial charge is 0.307 e. The van der Waals surface area contributed by atoms with Crippen molar-refractivity contribution in [3.05, 3.63) is 49.5 Å². The van der Waals surface area contributed by atoms with Gasteiger partial charge in [0.1, 0.15) is 0 Å². The van der Waals surface area contributed by atoms with Crippen molar-refractivity contribution in [1.29, 1.82) is 0 Å². The van der Waals surface area contributed by atoms with Gasteiger partial charge < -0.3 is 4.98 Å². The van der Waals surface area contributed by atoms with Gasteiger partial charge in [0.15, 0.2) is 0 Å². The van der Waals surface area contributed by atoms with Crippen LogP contribution >= 0.6 is 0 Å². The van der Waals surface area contributed by atoms with Gasteiger partial charge in [0, 0.05) is 10.6 Å². The summed E-state index contributed by atoms with van der Waals surface area (Å²) in [6.45, 7) is 0. The average Bonchev–Trinajstić information content (AvgIpc) is 2.19. The molecule has 0 radical (unpaired) electrons. The van der Waals surface area contributed by atoms with E-state index in [1.165, 1.54) is 18.2 Å². The first kappa shape index (κ1) is 9.04. The molecule has 1 aromatic heterocycles. The van der Waals surface area contributed by atoms with Gasteiger partial charge in [0.2, 0.25) is 0 Å². The van der Waals surface area contributed by atoms with E-state index < -0.39 is 11.2 Å². The quantitative estimate of drug-likeness (QED) is 0.411. The summed E-state index contributed by atoms with van der Waals surface area (Å²) in [5.74, 6) is 0. The summed E-state index contributed by atoms with van der Waals surface area (Å²) in [6.07, 6.45) is 0. The Morgan fingerprint density at radius 1 is 1.27 bits per heavy atom. The molecule has 0 atom stereocenters. The zero-order chi connectivity index (χ0) is 10.8. The Morgan fingerprint density at radius 3 is 2.80 bits per heavy atom. The fraction of sp³-hybridized carbons (Fsp3) is 0. The number of benzene rings is 1. The van der Waals surface area contributed by atoms with Crippen LogP contribution in [0.5, 0.6) is 0 Å². The third kappa shape index (κ3) is 1.59. The maximum atomic E-state index is 11.3. The van der Waals surface area contributed by atoms with Crippen molar-refractivity contribution in [2.24, 2.45) is 5.11 Å². The summed E-state index contributed by atoms with van der Waals surface area (Å²) in [5.41, 5.74) is 7.87. The van der Waals surface area contributed by atoms with Crippen molar-refractivity contribution in [2.75, 3.05) is 0 Å². The van der Waals surface area contributed by atoms with Gasteiger partial charge in [-0.3, -0.25) is 9.78 Å². The van der Waals surface area contributed by atoms with E-state index in [0.717, 1.165) is 0 Å². The number of H-pyrrole nitrogens is 2. The SMILES string of the molecule is [N-]=[N+]=Nc1ccc2[nH]c(=O)[nH]c(=O)c2c1. The molecule has 7 nitrogen and oxygen atoms in total. The number of nitrogens with one attached hydrogen (secondary N) is 2. The Hall–Kier alpha value is -2.53. The lowest BCUT2D eigenvalue weighted by atomic mass is 10.2. The van der Waals surface area contributed by atoms with Crippen molar-refractivity contribution >= 4 is 16.6 Å². The van der Waals surface area contributed by atoms with E-state index >= 15 is 0 Å². The van der Waals surface area contributed by atoms with Crippen LogP contribution in [0.15, 0.2) is 32.9 Å². The predicted octanol–water partition coefficient (Wildman–Crippen LogP) is 1.16. The second kappa shape index (κ2) is 3.32. The lowest BCUT2D eigenvalue weighted by Gasteiger charge is -1.96. The maximum absolute atomic E-state index is 11.3. The summed E-state index contributed by atoms with van der Waals surface area (Å²) in [6, 6.07) is 4.43. The van der Waals surface area contributed by atoms with Crippen LogP contribution in [0.4, 0.5) is 5.69 Å². The molecule has 1 aromatic carbocycles. The fourth-order valence-corrected chi connectivity index (χ4v) is 1.27. The summed E-state index contributed by atoms with van der Waals surface area (Å²) in [4.78, 5) is 29.4. The van der Waals surface area contributed by atoms with Gasteiger partial charge in [0.05, 0.1) is 10.9 Å². The molecule has 0 fully saturated rings. The second-order valence-corrected chi connectivity index (χ2v) is 2.83. The first-order chi connectivity index (χ1) is 7.20. The highest BCUT2D eigenvalue weighted by Gasteiger charge is 2.00. The minimum Gasteiger partial charge on any atom is -0.307 e. The van der Waals surface area contributed by atoms with Crippen LogP contribution in [0, 0.1) is 0 Å². The molecule has 2 N–H and O–H groups in total. The fourth-order valence-electron chi connectivity index (χ4n) is 1.27. The van der Waals surface area contributed by atoms with Gasteiger partial charge in [-0.15, -0.1) is 0 Å². The van der Waals surface area contributed by atoms with Gasteiger partial charge in [0.25, 0.3) is 5.56 Å². The molecule has 74 valence electrons. The Balaban J connectivity index is 2.88. The zero-order valence-corrected chi connectivity index (χ0v) is 7.39. The first-order valence-electron chi connectivity index (χ1n) is 4.02. The number of aromatic amines is 2. The minimum atomic E-state index is -0.566. The average molecular weight is 203 g/mol. The van der Waals surface area contributed by atoms with Gasteiger partial charge >= 0.3 is 5.69 Å². The van der Waals surface area contributed by atoms with E-state index in [4.69, 9.17) is 5.53 Å². The number of hydrogen-bond acceptors (Lipinski definition) is 3. The Kier molecular flexibility index (Phi) is 2.00. The predicted molar refractivity (Wildman–Crippen MR) is 54.0 cm³/mol. The lowest BCUT2D eigenvalue weighted by Crippen LogP contribution is -2.21. The normalized spacial score (nSPS) is 9.87. The van der Waals surface area contributed by atoms with E-state index in [1.807, 2.05) is 0 Å². The largest absolute Gasteiger partial charge is 0.326 e. The molecule has 0 saturated carbocycles. The molecule has 7 heteroatoms.